The standard InChI is InChI=1S/C25H34ClN3O5/c1-5-11-27-21(31)18-19-23(33)29(15(6-2)13-30)20(25(19)12-14(3)24(18,4)34-25)22(32)28-17-10-8-7-9-16(17)26/h7-10,14-15,18-20,30H,5-6,11-13H2,1-4H3,(H,27,31)(H,28,32)/t14?,15-,18-,19-,20?,24+,25?/m0/s1. The summed E-state index contributed by atoms with van der Waals surface area (Å²) in [5.41, 5.74) is -1.59. The quantitative estimate of drug-likeness (QED) is 0.518. The first kappa shape index (κ1) is 24.9. The highest BCUT2D eigenvalue weighted by Gasteiger charge is 2.80. The van der Waals surface area contributed by atoms with Gasteiger partial charge in [0.15, 0.2) is 0 Å². The van der Waals surface area contributed by atoms with Crippen LogP contribution in [0.1, 0.15) is 47.0 Å². The highest BCUT2D eigenvalue weighted by Crippen LogP contribution is 2.65. The Kier molecular flexibility index (Phi) is 6.70. The summed E-state index contributed by atoms with van der Waals surface area (Å²) in [5.74, 6) is -2.52. The third-order valence-electron chi connectivity index (χ3n) is 8.04. The fraction of sp³-hybridized carbons (Fsp3) is 0.640. The number of benzene rings is 1. The molecule has 4 rings (SSSR count). The molecule has 2 bridgehead atoms. The lowest BCUT2D eigenvalue weighted by Gasteiger charge is -2.36. The van der Waals surface area contributed by atoms with Crippen LogP contribution >= 0.6 is 11.6 Å². The van der Waals surface area contributed by atoms with Crippen molar-refractivity contribution < 1.29 is 24.2 Å². The van der Waals surface area contributed by atoms with Crippen LogP contribution in [0.15, 0.2) is 24.3 Å². The number of para-hydroxylation sites is 1. The van der Waals surface area contributed by atoms with Gasteiger partial charge in [0.1, 0.15) is 11.6 Å². The molecule has 3 unspecified atom stereocenters. The summed E-state index contributed by atoms with van der Waals surface area (Å²) in [6, 6.07) is 5.33. The summed E-state index contributed by atoms with van der Waals surface area (Å²) in [7, 11) is 0. The van der Waals surface area contributed by atoms with Crippen molar-refractivity contribution in [2.75, 3.05) is 18.5 Å². The molecule has 3 aliphatic heterocycles. The molecule has 0 radical (unpaired) electrons. The van der Waals surface area contributed by atoms with Crippen LogP contribution in [0.4, 0.5) is 5.69 Å². The molecule has 3 amide bonds. The van der Waals surface area contributed by atoms with E-state index in [-0.39, 0.29) is 24.3 Å². The van der Waals surface area contributed by atoms with Gasteiger partial charge in [0.05, 0.1) is 40.8 Å². The van der Waals surface area contributed by atoms with Gasteiger partial charge in [-0.25, -0.2) is 0 Å². The molecule has 3 N–H and O–H groups in total. The van der Waals surface area contributed by atoms with Gasteiger partial charge in [-0.2, -0.15) is 0 Å². The number of likely N-dealkylation sites (tertiary alicyclic amines) is 1. The third kappa shape index (κ3) is 3.53. The van der Waals surface area contributed by atoms with Crippen molar-refractivity contribution >= 4 is 35.0 Å². The van der Waals surface area contributed by atoms with Crippen molar-refractivity contribution in [1.29, 1.82) is 0 Å². The second-order valence-electron chi connectivity index (χ2n) is 9.95. The van der Waals surface area contributed by atoms with Crippen molar-refractivity contribution in [2.45, 2.75) is 70.2 Å². The molecule has 8 nitrogen and oxygen atoms in total. The number of amides is 3. The highest BCUT2D eigenvalue weighted by atomic mass is 35.5. The minimum Gasteiger partial charge on any atom is -0.394 e. The number of carbonyl (C=O) groups is 3. The van der Waals surface area contributed by atoms with E-state index in [9.17, 15) is 19.5 Å². The predicted molar refractivity (Wildman–Crippen MR) is 128 cm³/mol. The van der Waals surface area contributed by atoms with Gasteiger partial charge in [0.25, 0.3) is 0 Å². The topological polar surface area (TPSA) is 108 Å². The van der Waals surface area contributed by atoms with Crippen LogP contribution in [0, 0.1) is 17.8 Å². The molecular weight excluding hydrogens is 458 g/mol. The molecule has 3 fully saturated rings. The smallest absolute Gasteiger partial charge is 0.250 e. The van der Waals surface area contributed by atoms with Crippen LogP contribution in [0.3, 0.4) is 0 Å². The van der Waals surface area contributed by atoms with Crippen LogP contribution in [0.2, 0.25) is 5.02 Å². The summed E-state index contributed by atoms with van der Waals surface area (Å²) in [6.07, 6.45) is 1.70. The zero-order chi connectivity index (χ0) is 24.8. The molecule has 34 heavy (non-hydrogen) atoms. The number of ether oxygens (including phenoxy) is 1. The van der Waals surface area contributed by atoms with E-state index in [0.29, 0.717) is 30.1 Å². The summed E-state index contributed by atoms with van der Waals surface area (Å²) in [6.45, 7) is 7.92. The molecule has 1 aromatic carbocycles. The Morgan fingerprint density at radius 1 is 1.29 bits per heavy atom. The van der Waals surface area contributed by atoms with E-state index in [1.165, 1.54) is 4.90 Å². The lowest BCUT2D eigenvalue weighted by atomic mass is 9.62. The Labute approximate surface area is 205 Å². The van der Waals surface area contributed by atoms with Gasteiger partial charge >= 0.3 is 0 Å². The number of aliphatic hydroxyl groups excluding tert-OH is 1. The molecule has 3 saturated heterocycles. The van der Waals surface area contributed by atoms with Gasteiger partial charge < -0.3 is 25.4 Å². The van der Waals surface area contributed by atoms with Crippen LogP contribution in [0.25, 0.3) is 0 Å². The average Bonchev–Trinajstić information content (AvgIpc) is 3.32. The largest absolute Gasteiger partial charge is 0.394 e. The Hall–Kier alpha value is -2.16. The summed E-state index contributed by atoms with van der Waals surface area (Å²) in [4.78, 5) is 42.6. The third-order valence-corrected chi connectivity index (χ3v) is 8.37. The number of nitrogens with one attached hydrogen (secondary N) is 2. The van der Waals surface area contributed by atoms with Crippen LogP contribution in [0.5, 0.6) is 0 Å². The van der Waals surface area contributed by atoms with E-state index in [1.54, 1.807) is 24.3 Å². The second kappa shape index (κ2) is 9.13. The maximum Gasteiger partial charge on any atom is 0.250 e. The number of carbonyl (C=O) groups excluding carboxylic acids is 3. The predicted octanol–water partition coefficient (Wildman–Crippen LogP) is 2.59. The number of hydrogen-bond donors (Lipinski definition) is 3. The van der Waals surface area contributed by atoms with E-state index in [0.717, 1.165) is 6.42 Å². The fourth-order valence-electron chi connectivity index (χ4n) is 6.31. The summed E-state index contributed by atoms with van der Waals surface area (Å²) in [5, 5.41) is 16.3. The zero-order valence-corrected chi connectivity index (χ0v) is 20.9. The number of anilines is 1. The number of halogens is 1. The summed E-state index contributed by atoms with van der Waals surface area (Å²) < 4.78 is 6.64. The molecule has 0 saturated carbocycles. The van der Waals surface area contributed by atoms with E-state index in [1.807, 2.05) is 27.7 Å². The van der Waals surface area contributed by atoms with Crippen LogP contribution < -0.4 is 10.6 Å². The second-order valence-corrected chi connectivity index (χ2v) is 10.4. The Morgan fingerprint density at radius 3 is 2.62 bits per heavy atom. The number of rotatable bonds is 8. The van der Waals surface area contributed by atoms with Crippen molar-refractivity contribution in [2.24, 2.45) is 17.8 Å². The first-order chi connectivity index (χ1) is 16.2. The normalized spacial score (nSPS) is 34.8. The van der Waals surface area contributed by atoms with E-state index in [2.05, 4.69) is 10.6 Å². The highest BCUT2D eigenvalue weighted by molar-refractivity contribution is 6.33. The SMILES string of the molecule is CCCNC(=O)[C@@H]1[C@H]2C(=O)N([C@@H](CC)CO)C(C(=O)Nc3ccccc3Cl)C23CC(C)[C@@]1(C)O3. The molecule has 9 heteroatoms. The van der Waals surface area contributed by atoms with E-state index < -0.39 is 41.0 Å². The zero-order valence-electron chi connectivity index (χ0n) is 20.1. The van der Waals surface area contributed by atoms with Gasteiger partial charge in [-0.15, -0.1) is 0 Å². The number of nitrogens with zero attached hydrogens (tertiary/aromatic N) is 1. The Balaban J connectivity index is 1.79. The molecule has 1 spiro atoms. The van der Waals surface area contributed by atoms with E-state index in [4.69, 9.17) is 16.3 Å². The number of aliphatic hydroxyl groups is 1. The lowest BCUT2D eigenvalue weighted by Crippen LogP contribution is -2.56. The van der Waals surface area contributed by atoms with Crippen LogP contribution in [-0.4, -0.2) is 64.2 Å². The molecule has 1 aromatic rings. The lowest BCUT2D eigenvalue weighted by molar-refractivity contribution is -0.149. The average molecular weight is 492 g/mol. The van der Waals surface area contributed by atoms with Gasteiger partial charge in [-0.05, 0) is 44.2 Å². The molecule has 186 valence electrons. The molecular formula is C25H34ClN3O5. The molecule has 0 aromatic heterocycles. The molecule has 0 aliphatic carbocycles. The minimum atomic E-state index is -1.16. The number of hydrogen-bond acceptors (Lipinski definition) is 5. The fourth-order valence-corrected chi connectivity index (χ4v) is 6.49. The minimum absolute atomic E-state index is 0.0429. The maximum atomic E-state index is 14.0. The molecule has 7 atom stereocenters. The first-order valence-corrected chi connectivity index (χ1v) is 12.5. The maximum absolute atomic E-state index is 14.0. The van der Waals surface area contributed by atoms with Gasteiger partial charge in [0.2, 0.25) is 17.7 Å². The van der Waals surface area contributed by atoms with Gasteiger partial charge in [-0.3, -0.25) is 14.4 Å². The Bertz CT molecular complexity index is 985. The summed E-state index contributed by atoms with van der Waals surface area (Å²) >= 11 is 6.28. The molecule has 3 heterocycles. The number of fused-ring (bicyclic) bond motifs is 1. The van der Waals surface area contributed by atoms with Crippen molar-refractivity contribution in [3.8, 4) is 0 Å². The molecule has 3 aliphatic rings. The van der Waals surface area contributed by atoms with Crippen molar-refractivity contribution in [3.63, 3.8) is 0 Å². The van der Waals surface area contributed by atoms with Crippen molar-refractivity contribution in [1.82, 2.24) is 10.2 Å². The monoisotopic (exact) mass is 491 g/mol. The van der Waals surface area contributed by atoms with Crippen molar-refractivity contribution in [3.05, 3.63) is 29.3 Å². The van der Waals surface area contributed by atoms with Crippen LogP contribution in [-0.2, 0) is 19.1 Å². The van der Waals surface area contributed by atoms with Gasteiger partial charge in [-0.1, -0.05) is 44.5 Å². The first-order valence-electron chi connectivity index (χ1n) is 12.1. The van der Waals surface area contributed by atoms with E-state index >= 15 is 0 Å². The van der Waals surface area contributed by atoms with Gasteiger partial charge in [0, 0.05) is 6.54 Å². The Morgan fingerprint density at radius 2 is 2.00 bits per heavy atom.